The molecule has 2 nitrogen and oxygen atoms in total. The third-order valence-electron chi connectivity index (χ3n) is 3.99. The molecule has 1 atom stereocenters. The Morgan fingerprint density at radius 3 is 2.48 bits per heavy atom. The largest absolute Gasteiger partial charge is 0.310 e. The standard InChI is InChI=1S/C18H32N2S/c1-6-19-18(14-21-12-11-20(7-2)8-3)17-13-15(4)9-10-16(17)5/h9-10,13,18-19H,6-8,11-12,14H2,1-5H3. The van der Waals surface area contributed by atoms with E-state index in [9.17, 15) is 0 Å². The molecule has 0 amide bonds. The number of nitrogens with zero attached hydrogens (tertiary/aromatic N) is 1. The Kier molecular flexibility index (Phi) is 9.05. The number of nitrogens with one attached hydrogen (secondary N) is 1. The molecule has 0 heterocycles. The van der Waals surface area contributed by atoms with Crippen LogP contribution in [-0.2, 0) is 0 Å². The number of hydrogen-bond acceptors (Lipinski definition) is 3. The van der Waals surface area contributed by atoms with Gasteiger partial charge in [-0.1, -0.05) is 44.5 Å². The number of thioether (sulfide) groups is 1. The van der Waals surface area contributed by atoms with Crippen LogP contribution in [0.2, 0.25) is 0 Å². The number of rotatable bonds is 10. The highest BCUT2D eigenvalue weighted by Crippen LogP contribution is 2.23. The maximum absolute atomic E-state index is 3.65. The van der Waals surface area contributed by atoms with Gasteiger partial charge in [0.25, 0.3) is 0 Å². The van der Waals surface area contributed by atoms with E-state index in [1.807, 2.05) is 0 Å². The van der Waals surface area contributed by atoms with E-state index in [0.717, 1.165) is 25.4 Å². The van der Waals surface area contributed by atoms with Crippen LogP contribution < -0.4 is 5.32 Å². The van der Waals surface area contributed by atoms with Crippen LogP contribution in [0, 0.1) is 13.8 Å². The fourth-order valence-electron chi connectivity index (χ4n) is 2.58. The summed E-state index contributed by atoms with van der Waals surface area (Å²) in [6, 6.07) is 7.26. The highest BCUT2D eigenvalue weighted by Gasteiger charge is 2.13. The summed E-state index contributed by atoms with van der Waals surface area (Å²) < 4.78 is 0. The van der Waals surface area contributed by atoms with Crippen molar-refractivity contribution in [3.05, 3.63) is 34.9 Å². The molecule has 0 aliphatic rings. The van der Waals surface area contributed by atoms with Gasteiger partial charge in [0.15, 0.2) is 0 Å². The van der Waals surface area contributed by atoms with Gasteiger partial charge < -0.3 is 10.2 Å². The maximum atomic E-state index is 3.65. The first kappa shape index (κ1) is 18.5. The summed E-state index contributed by atoms with van der Waals surface area (Å²) in [4.78, 5) is 2.49. The molecule has 1 unspecified atom stereocenters. The fraction of sp³-hybridized carbons (Fsp3) is 0.667. The predicted molar refractivity (Wildman–Crippen MR) is 97.4 cm³/mol. The van der Waals surface area contributed by atoms with E-state index in [2.05, 4.69) is 74.8 Å². The summed E-state index contributed by atoms with van der Waals surface area (Å²) in [6.45, 7) is 15.6. The third-order valence-corrected chi connectivity index (χ3v) is 5.03. The van der Waals surface area contributed by atoms with Gasteiger partial charge in [0.1, 0.15) is 0 Å². The molecule has 120 valence electrons. The normalized spacial score (nSPS) is 12.9. The molecule has 0 fully saturated rings. The summed E-state index contributed by atoms with van der Waals surface area (Å²) in [5.74, 6) is 2.37. The van der Waals surface area contributed by atoms with E-state index in [1.165, 1.54) is 29.0 Å². The first-order chi connectivity index (χ1) is 10.1. The van der Waals surface area contributed by atoms with E-state index in [0.29, 0.717) is 6.04 Å². The van der Waals surface area contributed by atoms with Crippen LogP contribution >= 0.6 is 11.8 Å². The van der Waals surface area contributed by atoms with Gasteiger partial charge in [-0.15, -0.1) is 0 Å². The summed E-state index contributed by atoms with van der Waals surface area (Å²) in [7, 11) is 0. The smallest absolute Gasteiger partial charge is 0.0414 e. The number of benzene rings is 1. The van der Waals surface area contributed by atoms with Crippen LogP contribution in [-0.4, -0.2) is 42.6 Å². The van der Waals surface area contributed by atoms with Crippen molar-refractivity contribution in [3.8, 4) is 0 Å². The minimum atomic E-state index is 0.469. The Morgan fingerprint density at radius 1 is 1.14 bits per heavy atom. The molecule has 1 N–H and O–H groups in total. The Labute approximate surface area is 135 Å². The van der Waals surface area contributed by atoms with Crippen LogP contribution in [0.3, 0.4) is 0 Å². The molecule has 1 aromatic carbocycles. The number of aryl methyl sites for hydroxylation is 2. The van der Waals surface area contributed by atoms with E-state index < -0.39 is 0 Å². The minimum Gasteiger partial charge on any atom is -0.310 e. The zero-order valence-electron chi connectivity index (χ0n) is 14.4. The van der Waals surface area contributed by atoms with Gasteiger partial charge in [0.2, 0.25) is 0 Å². The first-order valence-electron chi connectivity index (χ1n) is 8.22. The van der Waals surface area contributed by atoms with Crippen LogP contribution in [0.1, 0.15) is 43.5 Å². The third kappa shape index (κ3) is 6.41. The highest BCUT2D eigenvalue weighted by atomic mass is 32.2. The van der Waals surface area contributed by atoms with Crippen molar-refractivity contribution in [2.45, 2.75) is 40.7 Å². The van der Waals surface area contributed by atoms with Crippen molar-refractivity contribution in [1.29, 1.82) is 0 Å². The van der Waals surface area contributed by atoms with Crippen molar-refractivity contribution in [2.75, 3.05) is 37.7 Å². The second kappa shape index (κ2) is 10.3. The lowest BCUT2D eigenvalue weighted by atomic mass is 10.00. The Morgan fingerprint density at radius 2 is 1.86 bits per heavy atom. The first-order valence-corrected chi connectivity index (χ1v) is 9.38. The van der Waals surface area contributed by atoms with Gasteiger partial charge >= 0.3 is 0 Å². The summed E-state index contributed by atoms with van der Waals surface area (Å²) in [6.07, 6.45) is 0. The van der Waals surface area contributed by atoms with Gasteiger partial charge in [-0.25, -0.2) is 0 Å². The second-order valence-corrected chi connectivity index (χ2v) is 6.72. The monoisotopic (exact) mass is 308 g/mol. The lowest BCUT2D eigenvalue weighted by Gasteiger charge is -2.22. The Bertz CT molecular complexity index is 402. The molecule has 0 saturated carbocycles. The van der Waals surface area contributed by atoms with Crippen molar-refractivity contribution >= 4 is 11.8 Å². The van der Waals surface area contributed by atoms with Gasteiger partial charge in [-0.3, -0.25) is 0 Å². The average Bonchev–Trinajstić information content (AvgIpc) is 2.49. The van der Waals surface area contributed by atoms with E-state index >= 15 is 0 Å². The van der Waals surface area contributed by atoms with Gasteiger partial charge in [0.05, 0.1) is 0 Å². The molecule has 0 saturated heterocycles. The summed E-state index contributed by atoms with van der Waals surface area (Å²) in [5.41, 5.74) is 4.22. The average molecular weight is 309 g/mol. The maximum Gasteiger partial charge on any atom is 0.0414 e. The van der Waals surface area contributed by atoms with Crippen LogP contribution in [0.15, 0.2) is 18.2 Å². The zero-order valence-corrected chi connectivity index (χ0v) is 15.2. The van der Waals surface area contributed by atoms with E-state index in [1.54, 1.807) is 0 Å². The predicted octanol–water partition coefficient (Wildman–Crippen LogP) is 4.03. The molecule has 0 spiro atoms. The van der Waals surface area contributed by atoms with Crippen LogP contribution in [0.4, 0.5) is 0 Å². The van der Waals surface area contributed by atoms with Gasteiger partial charge in [-0.2, -0.15) is 11.8 Å². The van der Waals surface area contributed by atoms with Crippen LogP contribution in [0.25, 0.3) is 0 Å². The van der Waals surface area contributed by atoms with E-state index in [-0.39, 0.29) is 0 Å². The zero-order chi connectivity index (χ0) is 15.7. The van der Waals surface area contributed by atoms with Gasteiger partial charge in [-0.05, 0) is 44.6 Å². The fourth-order valence-corrected chi connectivity index (χ4v) is 3.66. The molecule has 0 bridgehead atoms. The van der Waals surface area contributed by atoms with Crippen molar-refractivity contribution < 1.29 is 0 Å². The lowest BCUT2D eigenvalue weighted by molar-refractivity contribution is 0.324. The van der Waals surface area contributed by atoms with Crippen molar-refractivity contribution in [3.63, 3.8) is 0 Å². The molecule has 0 aliphatic heterocycles. The van der Waals surface area contributed by atoms with E-state index in [4.69, 9.17) is 0 Å². The number of hydrogen-bond donors (Lipinski definition) is 1. The Balaban J connectivity index is 2.55. The highest BCUT2D eigenvalue weighted by molar-refractivity contribution is 7.99. The summed E-state index contributed by atoms with van der Waals surface area (Å²) in [5, 5.41) is 3.65. The molecular weight excluding hydrogens is 276 g/mol. The van der Waals surface area contributed by atoms with Crippen molar-refractivity contribution in [1.82, 2.24) is 10.2 Å². The molecule has 1 aromatic rings. The SMILES string of the molecule is CCNC(CSCCN(CC)CC)c1cc(C)ccc1C. The van der Waals surface area contributed by atoms with Crippen LogP contribution in [0.5, 0.6) is 0 Å². The lowest BCUT2D eigenvalue weighted by Crippen LogP contribution is -2.27. The molecule has 21 heavy (non-hydrogen) atoms. The topological polar surface area (TPSA) is 15.3 Å². The van der Waals surface area contributed by atoms with Crippen molar-refractivity contribution in [2.24, 2.45) is 0 Å². The molecule has 1 rings (SSSR count). The molecule has 0 aromatic heterocycles. The second-order valence-electron chi connectivity index (χ2n) is 5.57. The Hall–Kier alpha value is -0.510. The minimum absolute atomic E-state index is 0.469. The molecule has 0 aliphatic carbocycles. The summed E-state index contributed by atoms with van der Waals surface area (Å²) >= 11 is 2.07. The molecule has 0 radical (unpaired) electrons. The quantitative estimate of drug-likeness (QED) is 0.657. The molecular formula is C18H32N2S. The molecule has 3 heteroatoms. The van der Waals surface area contributed by atoms with Gasteiger partial charge in [0, 0.05) is 24.1 Å².